The third-order valence-electron chi connectivity index (χ3n) is 4.57. The van der Waals surface area contributed by atoms with E-state index in [1.54, 1.807) is 0 Å². The number of aliphatic imine (C=N–C) groups is 1. The number of sulfonamides is 1. The van der Waals surface area contributed by atoms with E-state index in [0.29, 0.717) is 11.3 Å². The Kier molecular flexibility index (Phi) is 4.30. The summed E-state index contributed by atoms with van der Waals surface area (Å²) < 4.78 is 45.9. The van der Waals surface area contributed by atoms with Gasteiger partial charge in [0.05, 0.1) is 11.9 Å². The topological polar surface area (TPSA) is 140 Å². The minimum absolute atomic E-state index is 0.0499. The van der Waals surface area contributed by atoms with Gasteiger partial charge in [-0.25, -0.2) is 27.1 Å². The van der Waals surface area contributed by atoms with E-state index in [1.807, 2.05) is 0 Å². The van der Waals surface area contributed by atoms with Crippen LogP contribution in [0.25, 0.3) is 23.0 Å². The SMILES string of the molecule is CN1C(N)=N[C@](C)(c2cc(-c3nnc(-c4cnccn4)o3)ccc2F)CS1(=O)=O. The van der Waals surface area contributed by atoms with Crippen LogP contribution in [0.3, 0.4) is 0 Å². The summed E-state index contributed by atoms with van der Waals surface area (Å²) in [5.41, 5.74) is 5.18. The molecule has 0 saturated heterocycles. The molecule has 0 bridgehead atoms. The number of hydrogen-bond donors (Lipinski definition) is 1. The van der Waals surface area contributed by atoms with Crippen LogP contribution in [0.15, 0.2) is 46.2 Å². The van der Waals surface area contributed by atoms with Gasteiger partial charge in [0.15, 0.2) is 0 Å². The van der Waals surface area contributed by atoms with Crippen LogP contribution in [-0.4, -0.2) is 51.6 Å². The minimum atomic E-state index is -3.75. The average molecular weight is 417 g/mol. The number of aromatic nitrogens is 4. The second-order valence-corrected chi connectivity index (χ2v) is 8.67. The average Bonchev–Trinajstić information content (AvgIpc) is 3.17. The number of rotatable bonds is 3. The van der Waals surface area contributed by atoms with Crippen LogP contribution in [0.4, 0.5) is 4.39 Å². The van der Waals surface area contributed by atoms with Crippen molar-refractivity contribution in [1.82, 2.24) is 24.5 Å². The molecule has 0 unspecified atom stereocenters. The molecule has 0 saturated carbocycles. The van der Waals surface area contributed by atoms with Gasteiger partial charge in [-0.15, -0.1) is 10.2 Å². The summed E-state index contributed by atoms with van der Waals surface area (Å²) in [6.45, 7) is 1.51. The van der Waals surface area contributed by atoms with Gasteiger partial charge < -0.3 is 10.2 Å². The lowest BCUT2D eigenvalue weighted by atomic mass is 9.92. The van der Waals surface area contributed by atoms with Gasteiger partial charge in [-0.3, -0.25) is 4.98 Å². The molecule has 1 aliphatic rings. The minimum Gasteiger partial charge on any atom is -0.415 e. The summed E-state index contributed by atoms with van der Waals surface area (Å²) in [5, 5.41) is 7.89. The molecule has 0 aliphatic carbocycles. The highest BCUT2D eigenvalue weighted by atomic mass is 32.2. The normalized spacial score (nSPS) is 21.1. The lowest BCUT2D eigenvalue weighted by Crippen LogP contribution is -2.50. The van der Waals surface area contributed by atoms with Crippen LogP contribution >= 0.6 is 0 Å². The molecule has 0 fully saturated rings. The first-order valence-electron chi connectivity index (χ1n) is 8.42. The van der Waals surface area contributed by atoms with Gasteiger partial charge in [0.1, 0.15) is 17.1 Å². The third kappa shape index (κ3) is 3.31. The van der Waals surface area contributed by atoms with Gasteiger partial charge in [0, 0.05) is 30.6 Å². The van der Waals surface area contributed by atoms with Gasteiger partial charge in [-0.2, -0.15) is 0 Å². The molecule has 3 heterocycles. The predicted octanol–water partition coefficient (Wildman–Crippen LogP) is 1.14. The van der Waals surface area contributed by atoms with E-state index >= 15 is 0 Å². The second-order valence-electron chi connectivity index (χ2n) is 6.67. The molecule has 0 amide bonds. The Morgan fingerprint density at radius 3 is 2.69 bits per heavy atom. The summed E-state index contributed by atoms with van der Waals surface area (Å²) >= 11 is 0. The van der Waals surface area contributed by atoms with E-state index in [4.69, 9.17) is 10.2 Å². The summed E-state index contributed by atoms with van der Waals surface area (Å²) in [6.07, 6.45) is 4.46. The van der Waals surface area contributed by atoms with Crippen LogP contribution in [0.1, 0.15) is 12.5 Å². The van der Waals surface area contributed by atoms with Crippen molar-refractivity contribution in [3.63, 3.8) is 0 Å². The molecule has 1 atom stereocenters. The third-order valence-corrected chi connectivity index (χ3v) is 6.51. The van der Waals surface area contributed by atoms with Crippen LogP contribution in [0.2, 0.25) is 0 Å². The Balaban J connectivity index is 1.77. The number of benzene rings is 1. The number of guanidine groups is 1. The van der Waals surface area contributed by atoms with E-state index in [9.17, 15) is 12.8 Å². The zero-order chi connectivity index (χ0) is 20.8. The molecule has 0 spiro atoms. The van der Waals surface area contributed by atoms with Gasteiger partial charge in [0.25, 0.3) is 5.89 Å². The fraction of sp³-hybridized carbons (Fsp3) is 0.235. The predicted molar refractivity (Wildman–Crippen MR) is 101 cm³/mol. The first kappa shape index (κ1) is 18.9. The van der Waals surface area contributed by atoms with Crippen molar-refractivity contribution >= 4 is 16.0 Å². The van der Waals surface area contributed by atoms with Crippen molar-refractivity contribution in [3.8, 4) is 23.0 Å². The molecule has 1 aliphatic heterocycles. The Labute approximate surface area is 165 Å². The lowest BCUT2D eigenvalue weighted by molar-refractivity contribution is 0.458. The van der Waals surface area contributed by atoms with Crippen LogP contribution in [-0.2, 0) is 15.6 Å². The molecular formula is C17H16FN7O3S. The summed E-state index contributed by atoms with van der Waals surface area (Å²) in [6, 6.07) is 4.08. The number of nitrogens with two attached hydrogens (primary N) is 1. The molecule has 10 nitrogen and oxygen atoms in total. The summed E-state index contributed by atoms with van der Waals surface area (Å²) in [5.74, 6) is -1.02. The van der Waals surface area contributed by atoms with E-state index in [-0.39, 0.29) is 23.3 Å². The van der Waals surface area contributed by atoms with Crippen LogP contribution in [0.5, 0.6) is 0 Å². The molecule has 4 rings (SSSR count). The lowest BCUT2D eigenvalue weighted by Gasteiger charge is -2.34. The van der Waals surface area contributed by atoms with Gasteiger partial charge in [0.2, 0.25) is 21.9 Å². The number of nitrogens with zero attached hydrogens (tertiary/aromatic N) is 6. The van der Waals surface area contributed by atoms with Crippen molar-refractivity contribution < 1.29 is 17.2 Å². The highest BCUT2D eigenvalue weighted by Gasteiger charge is 2.41. The largest absolute Gasteiger partial charge is 0.415 e. The number of halogens is 1. The Bertz CT molecular complexity index is 1210. The molecular weight excluding hydrogens is 401 g/mol. The Morgan fingerprint density at radius 2 is 2.00 bits per heavy atom. The van der Waals surface area contributed by atoms with Crippen molar-refractivity contribution in [3.05, 3.63) is 48.2 Å². The monoisotopic (exact) mass is 417 g/mol. The number of hydrogen-bond acceptors (Lipinski definition) is 9. The highest BCUT2D eigenvalue weighted by molar-refractivity contribution is 7.89. The fourth-order valence-corrected chi connectivity index (χ4v) is 4.46. The van der Waals surface area contributed by atoms with E-state index in [2.05, 4.69) is 25.2 Å². The van der Waals surface area contributed by atoms with Crippen molar-refractivity contribution in [2.75, 3.05) is 12.8 Å². The van der Waals surface area contributed by atoms with Crippen molar-refractivity contribution in [1.29, 1.82) is 0 Å². The van der Waals surface area contributed by atoms with E-state index in [0.717, 1.165) is 4.31 Å². The fourth-order valence-electron chi connectivity index (χ4n) is 3.01. The molecule has 2 aromatic heterocycles. The smallest absolute Gasteiger partial charge is 0.268 e. The summed E-state index contributed by atoms with van der Waals surface area (Å²) in [4.78, 5) is 12.2. The molecule has 3 aromatic rings. The summed E-state index contributed by atoms with van der Waals surface area (Å²) in [7, 11) is -2.45. The van der Waals surface area contributed by atoms with Crippen LogP contribution in [0, 0.1) is 5.82 Å². The maximum Gasteiger partial charge on any atom is 0.268 e. The molecule has 2 N–H and O–H groups in total. The van der Waals surface area contributed by atoms with Crippen LogP contribution < -0.4 is 5.73 Å². The first-order chi connectivity index (χ1) is 13.7. The van der Waals surface area contributed by atoms with Gasteiger partial charge in [-0.1, -0.05) is 0 Å². The van der Waals surface area contributed by atoms with E-state index < -0.39 is 27.1 Å². The van der Waals surface area contributed by atoms with Crippen molar-refractivity contribution in [2.45, 2.75) is 12.5 Å². The Morgan fingerprint density at radius 1 is 1.24 bits per heavy atom. The zero-order valence-electron chi connectivity index (χ0n) is 15.4. The molecule has 29 heavy (non-hydrogen) atoms. The Hall–Kier alpha value is -3.41. The van der Waals surface area contributed by atoms with Gasteiger partial charge in [-0.05, 0) is 25.1 Å². The zero-order valence-corrected chi connectivity index (χ0v) is 16.3. The van der Waals surface area contributed by atoms with Gasteiger partial charge >= 0.3 is 0 Å². The maximum absolute atomic E-state index is 14.7. The quantitative estimate of drug-likeness (QED) is 0.669. The molecule has 1 aromatic carbocycles. The first-order valence-corrected chi connectivity index (χ1v) is 10.0. The molecule has 0 radical (unpaired) electrons. The molecule has 12 heteroatoms. The standard InChI is InChI=1S/C17H16FN7O3S/c1-17(9-29(26,27)25(2)16(19)22-17)11-7-10(3-4-12(11)18)14-23-24-15(28-14)13-8-20-5-6-21-13/h3-8H,9H2,1-2H3,(H2,19,22)/t17-/m0/s1. The second kappa shape index (κ2) is 6.58. The highest BCUT2D eigenvalue weighted by Crippen LogP contribution is 2.35. The molecule has 150 valence electrons. The van der Waals surface area contributed by atoms with Crippen molar-refractivity contribution in [2.24, 2.45) is 10.7 Å². The van der Waals surface area contributed by atoms with E-state index in [1.165, 1.54) is 50.8 Å². The maximum atomic E-state index is 14.7.